The Labute approximate surface area is 164 Å². The predicted molar refractivity (Wildman–Crippen MR) is 104 cm³/mol. The molecule has 0 atom stereocenters. The van der Waals surface area contributed by atoms with Crippen LogP contribution in [-0.2, 0) is 0 Å². The highest BCUT2D eigenvalue weighted by atomic mass is 16.3. The standard InChI is InChI=1S/C21H15N3O5/c25-11-5-7-14(17(28)9-11)20-22-19(13-3-1-2-4-16(13)27)23-21(24-20)15-8-6-12(26)10-18(15)29/h1-10,25-29H. The predicted octanol–water partition coefficient (Wildman–Crippen LogP) is 3.40. The van der Waals surface area contributed by atoms with Crippen LogP contribution in [0, 0.1) is 0 Å². The molecule has 0 saturated heterocycles. The third-order valence-electron chi connectivity index (χ3n) is 4.22. The Morgan fingerprint density at radius 2 is 0.862 bits per heavy atom. The average molecular weight is 389 g/mol. The number of phenols is 5. The zero-order chi connectivity index (χ0) is 20.5. The summed E-state index contributed by atoms with van der Waals surface area (Å²) in [6.45, 7) is 0. The summed E-state index contributed by atoms with van der Waals surface area (Å²) in [5.74, 6) is -0.559. The molecule has 0 saturated carbocycles. The molecule has 1 heterocycles. The van der Waals surface area contributed by atoms with E-state index in [-0.39, 0.29) is 57.3 Å². The van der Waals surface area contributed by atoms with Crippen LogP contribution in [0.1, 0.15) is 0 Å². The number of aromatic hydroxyl groups is 5. The van der Waals surface area contributed by atoms with Gasteiger partial charge in [-0.25, -0.2) is 15.0 Å². The highest BCUT2D eigenvalue weighted by molar-refractivity contribution is 5.74. The highest BCUT2D eigenvalue weighted by Gasteiger charge is 2.18. The number of nitrogens with zero attached hydrogens (tertiary/aromatic N) is 3. The summed E-state index contributed by atoms with van der Waals surface area (Å²) in [6.07, 6.45) is 0. The third kappa shape index (κ3) is 3.46. The zero-order valence-corrected chi connectivity index (χ0v) is 14.9. The molecular formula is C21H15N3O5. The molecule has 144 valence electrons. The zero-order valence-electron chi connectivity index (χ0n) is 14.9. The average Bonchev–Trinajstić information content (AvgIpc) is 2.68. The first-order valence-corrected chi connectivity index (χ1v) is 8.51. The smallest absolute Gasteiger partial charge is 0.167 e. The summed E-state index contributed by atoms with van der Waals surface area (Å²) in [4.78, 5) is 13.0. The minimum Gasteiger partial charge on any atom is -0.508 e. The number of para-hydroxylation sites is 1. The molecule has 0 spiro atoms. The lowest BCUT2D eigenvalue weighted by molar-refractivity contribution is 0.451. The van der Waals surface area contributed by atoms with Gasteiger partial charge in [0.05, 0.1) is 16.7 Å². The van der Waals surface area contributed by atoms with Gasteiger partial charge >= 0.3 is 0 Å². The van der Waals surface area contributed by atoms with Crippen LogP contribution in [0.4, 0.5) is 0 Å². The fraction of sp³-hybridized carbons (Fsp3) is 0. The van der Waals surface area contributed by atoms with Crippen molar-refractivity contribution in [2.24, 2.45) is 0 Å². The third-order valence-corrected chi connectivity index (χ3v) is 4.22. The lowest BCUT2D eigenvalue weighted by atomic mass is 10.1. The van der Waals surface area contributed by atoms with E-state index in [1.54, 1.807) is 18.2 Å². The first kappa shape index (κ1) is 18.1. The summed E-state index contributed by atoms with van der Waals surface area (Å²) in [5.41, 5.74) is 0.775. The van der Waals surface area contributed by atoms with Crippen molar-refractivity contribution in [3.05, 3.63) is 60.7 Å². The van der Waals surface area contributed by atoms with Crippen LogP contribution in [0.15, 0.2) is 60.7 Å². The molecule has 0 radical (unpaired) electrons. The molecule has 0 aliphatic rings. The fourth-order valence-corrected chi connectivity index (χ4v) is 2.82. The van der Waals surface area contributed by atoms with Crippen LogP contribution in [0.3, 0.4) is 0 Å². The van der Waals surface area contributed by atoms with Crippen LogP contribution in [0.2, 0.25) is 0 Å². The van der Waals surface area contributed by atoms with E-state index in [9.17, 15) is 25.5 Å². The molecule has 0 aliphatic carbocycles. The lowest BCUT2D eigenvalue weighted by Crippen LogP contribution is -2.00. The van der Waals surface area contributed by atoms with Crippen molar-refractivity contribution in [1.29, 1.82) is 0 Å². The molecule has 3 aromatic carbocycles. The molecule has 0 bridgehead atoms. The molecule has 29 heavy (non-hydrogen) atoms. The summed E-state index contributed by atoms with van der Waals surface area (Å²) in [7, 11) is 0. The van der Waals surface area contributed by atoms with E-state index in [0.717, 1.165) is 12.1 Å². The van der Waals surface area contributed by atoms with E-state index in [0.29, 0.717) is 5.56 Å². The highest BCUT2D eigenvalue weighted by Crippen LogP contribution is 2.36. The maximum Gasteiger partial charge on any atom is 0.167 e. The molecule has 4 aromatic rings. The van der Waals surface area contributed by atoms with Gasteiger partial charge in [0, 0.05) is 12.1 Å². The lowest BCUT2D eigenvalue weighted by Gasteiger charge is -2.11. The molecule has 0 unspecified atom stereocenters. The maximum atomic E-state index is 10.2. The topological polar surface area (TPSA) is 140 Å². The normalized spacial score (nSPS) is 10.8. The monoisotopic (exact) mass is 389 g/mol. The van der Waals surface area contributed by atoms with Gasteiger partial charge in [-0.2, -0.15) is 0 Å². The maximum absolute atomic E-state index is 10.2. The van der Waals surface area contributed by atoms with Crippen molar-refractivity contribution in [2.75, 3.05) is 0 Å². The second kappa shape index (κ2) is 7.01. The first-order valence-electron chi connectivity index (χ1n) is 8.51. The second-order valence-electron chi connectivity index (χ2n) is 6.23. The second-order valence-corrected chi connectivity index (χ2v) is 6.23. The largest absolute Gasteiger partial charge is 0.508 e. The first-order chi connectivity index (χ1) is 13.9. The van der Waals surface area contributed by atoms with Gasteiger partial charge < -0.3 is 25.5 Å². The SMILES string of the molecule is Oc1ccc(-c2nc(-c3ccccc3O)nc(-c3ccc(O)cc3O)n2)c(O)c1. The number of hydrogen-bond donors (Lipinski definition) is 5. The molecule has 8 nitrogen and oxygen atoms in total. The van der Waals surface area contributed by atoms with E-state index in [4.69, 9.17) is 0 Å². The van der Waals surface area contributed by atoms with Crippen LogP contribution >= 0.6 is 0 Å². The van der Waals surface area contributed by atoms with Crippen molar-refractivity contribution in [1.82, 2.24) is 15.0 Å². The molecule has 0 aliphatic heterocycles. The van der Waals surface area contributed by atoms with E-state index in [1.165, 1.54) is 30.3 Å². The summed E-state index contributed by atoms with van der Waals surface area (Å²) in [5, 5.41) is 49.7. The summed E-state index contributed by atoms with van der Waals surface area (Å²) in [6, 6.07) is 14.4. The Kier molecular flexibility index (Phi) is 4.36. The Bertz CT molecular complexity index is 1160. The molecule has 0 amide bonds. The molecule has 4 rings (SSSR count). The van der Waals surface area contributed by atoms with E-state index in [2.05, 4.69) is 15.0 Å². The van der Waals surface area contributed by atoms with Gasteiger partial charge in [0.25, 0.3) is 0 Å². The quantitative estimate of drug-likeness (QED) is 0.359. The number of benzene rings is 3. The van der Waals surface area contributed by atoms with Crippen molar-refractivity contribution < 1.29 is 25.5 Å². The van der Waals surface area contributed by atoms with Crippen molar-refractivity contribution in [2.45, 2.75) is 0 Å². The van der Waals surface area contributed by atoms with Crippen molar-refractivity contribution >= 4 is 0 Å². The Morgan fingerprint density at radius 1 is 0.448 bits per heavy atom. The number of hydrogen-bond acceptors (Lipinski definition) is 8. The number of phenolic OH excluding ortho intramolecular Hbond substituents is 5. The van der Waals surface area contributed by atoms with Gasteiger partial charge in [-0.1, -0.05) is 12.1 Å². The molecule has 8 heteroatoms. The number of rotatable bonds is 3. The van der Waals surface area contributed by atoms with E-state index in [1.807, 2.05) is 0 Å². The van der Waals surface area contributed by atoms with Crippen LogP contribution in [0.25, 0.3) is 34.2 Å². The van der Waals surface area contributed by atoms with E-state index < -0.39 is 0 Å². The fourth-order valence-electron chi connectivity index (χ4n) is 2.82. The van der Waals surface area contributed by atoms with E-state index >= 15 is 0 Å². The van der Waals surface area contributed by atoms with Crippen molar-refractivity contribution in [3.8, 4) is 62.9 Å². The molecule has 0 fully saturated rings. The minimum absolute atomic E-state index is 0.0551. The summed E-state index contributed by atoms with van der Waals surface area (Å²) < 4.78 is 0. The van der Waals surface area contributed by atoms with Gasteiger partial charge in [-0.15, -0.1) is 0 Å². The Hall–Kier alpha value is -4.33. The minimum atomic E-state index is -0.250. The van der Waals surface area contributed by atoms with Gasteiger partial charge in [0.2, 0.25) is 0 Å². The van der Waals surface area contributed by atoms with Gasteiger partial charge in [-0.05, 0) is 36.4 Å². The summed E-state index contributed by atoms with van der Waals surface area (Å²) >= 11 is 0. The Morgan fingerprint density at radius 3 is 1.28 bits per heavy atom. The molecular weight excluding hydrogens is 374 g/mol. The molecule has 5 N–H and O–H groups in total. The van der Waals surface area contributed by atoms with Gasteiger partial charge in [0.1, 0.15) is 28.7 Å². The van der Waals surface area contributed by atoms with Crippen LogP contribution in [0.5, 0.6) is 28.7 Å². The van der Waals surface area contributed by atoms with Crippen molar-refractivity contribution in [3.63, 3.8) is 0 Å². The molecule has 1 aromatic heterocycles. The van der Waals surface area contributed by atoms with Gasteiger partial charge in [0.15, 0.2) is 17.5 Å². The van der Waals surface area contributed by atoms with Gasteiger partial charge in [-0.3, -0.25) is 0 Å². The van der Waals surface area contributed by atoms with Crippen LogP contribution < -0.4 is 0 Å². The number of aromatic nitrogens is 3. The Balaban J connectivity index is 1.98. The van der Waals surface area contributed by atoms with Crippen LogP contribution in [-0.4, -0.2) is 40.5 Å².